The number of aryl methyl sites for hydroxylation is 1. The molecule has 1 saturated heterocycles. The third-order valence-electron chi connectivity index (χ3n) is 4.82. The molecule has 1 fully saturated rings. The van der Waals surface area contributed by atoms with Crippen LogP contribution in [0, 0.1) is 12.7 Å². The number of benzene rings is 2. The third kappa shape index (κ3) is 3.24. The second-order valence-electron chi connectivity index (χ2n) is 6.69. The molecule has 0 radical (unpaired) electrons. The van der Waals surface area contributed by atoms with Crippen LogP contribution in [0.2, 0.25) is 0 Å². The Morgan fingerprint density at radius 3 is 2.56 bits per heavy atom. The first-order valence-corrected chi connectivity index (χ1v) is 8.87. The normalized spacial score (nSPS) is 14.5. The molecule has 2 aromatic carbocycles. The fourth-order valence-electron chi connectivity index (χ4n) is 3.36. The van der Waals surface area contributed by atoms with Crippen LogP contribution in [0.4, 0.5) is 10.2 Å². The highest BCUT2D eigenvalue weighted by atomic mass is 19.1. The molecule has 1 aliphatic rings. The summed E-state index contributed by atoms with van der Waals surface area (Å²) in [5.41, 5.74) is 8.93. The van der Waals surface area contributed by atoms with Gasteiger partial charge in [-0.2, -0.15) is 0 Å². The number of aromatic nitrogens is 1. The quantitative estimate of drug-likeness (QED) is 0.756. The maximum Gasteiger partial charge on any atom is 0.254 e. The summed E-state index contributed by atoms with van der Waals surface area (Å²) in [5, 5.41) is 0.438. The van der Waals surface area contributed by atoms with Crippen LogP contribution in [0.5, 0.6) is 0 Å². The Morgan fingerprint density at radius 1 is 1.15 bits per heavy atom. The SMILES string of the molecule is Cc1ccc2nc(N)c(-c3ccc(C(=O)N4CCOCC4)cc3)c(F)c2c1. The van der Waals surface area contributed by atoms with Gasteiger partial charge < -0.3 is 15.4 Å². The molecule has 2 N–H and O–H groups in total. The number of nitrogen functional groups attached to an aromatic ring is 1. The molecule has 3 aromatic rings. The van der Waals surface area contributed by atoms with Gasteiger partial charge in [-0.3, -0.25) is 4.79 Å². The highest BCUT2D eigenvalue weighted by Gasteiger charge is 2.20. The predicted molar refractivity (Wildman–Crippen MR) is 103 cm³/mol. The summed E-state index contributed by atoms with van der Waals surface area (Å²) in [6.07, 6.45) is 0. The number of fused-ring (bicyclic) bond motifs is 1. The van der Waals surface area contributed by atoms with E-state index < -0.39 is 5.82 Å². The van der Waals surface area contributed by atoms with Gasteiger partial charge in [0, 0.05) is 24.0 Å². The summed E-state index contributed by atoms with van der Waals surface area (Å²) in [6, 6.07) is 12.2. The van der Waals surface area contributed by atoms with Gasteiger partial charge in [0.2, 0.25) is 0 Å². The van der Waals surface area contributed by atoms with E-state index in [1.54, 1.807) is 41.3 Å². The number of halogens is 1. The van der Waals surface area contributed by atoms with Gasteiger partial charge in [-0.1, -0.05) is 23.8 Å². The van der Waals surface area contributed by atoms with E-state index in [0.717, 1.165) is 5.56 Å². The van der Waals surface area contributed by atoms with Crippen LogP contribution in [-0.4, -0.2) is 42.1 Å². The van der Waals surface area contributed by atoms with Crippen LogP contribution in [0.25, 0.3) is 22.0 Å². The molecule has 0 atom stereocenters. The van der Waals surface area contributed by atoms with Crippen LogP contribution < -0.4 is 5.73 Å². The molecule has 0 aliphatic carbocycles. The lowest BCUT2D eigenvalue weighted by Gasteiger charge is -2.26. The Hall–Kier alpha value is -2.99. The summed E-state index contributed by atoms with van der Waals surface area (Å²) >= 11 is 0. The van der Waals surface area contributed by atoms with Crippen molar-refractivity contribution in [2.75, 3.05) is 32.0 Å². The minimum Gasteiger partial charge on any atom is -0.383 e. The van der Waals surface area contributed by atoms with Gasteiger partial charge in [0.15, 0.2) is 0 Å². The highest BCUT2D eigenvalue weighted by Crippen LogP contribution is 2.33. The van der Waals surface area contributed by atoms with E-state index in [9.17, 15) is 4.79 Å². The number of nitrogens with zero attached hydrogens (tertiary/aromatic N) is 2. The van der Waals surface area contributed by atoms with Crippen LogP contribution in [0.15, 0.2) is 42.5 Å². The van der Waals surface area contributed by atoms with E-state index in [0.29, 0.717) is 48.3 Å². The number of anilines is 1. The maximum absolute atomic E-state index is 15.1. The lowest BCUT2D eigenvalue weighted by atomic mass is 10.0. The van der Waals surface area contributed by atoms with Crippen molar-refractivity contribution in [3.05, 3.63) is 59.4 Å². The number of carbonyl (C=O) groups is 1. The third-order valence-corrected chi connectivity index (χ3v) is 4.82. The van der Waals surface area contributed by atoms with Gasteiger partial charge in [0.1, 0.15) is 11.6 Å². The van der Waals surface area contributed by atoms with Gasteiger partial charge >= 0.3 is 0 Å². The second-order valence-corrected chi connectivity index (χ2v) is 6.69. The van der Waals surface area contributed by atoms with Gasteiger partial charge in [-0.15, -0.1) is 0 Å². The van der Waals surface area contributed by atoms with Crippen molar-refractivity contribution < 1.29 is 13.9 Å². The largest absolute Gasteiger partial charge is 0.383 e. The molecule has 0 bridgehead atoms. The molecule has 1 amide bonds. The number of hydrogen-bond acceptors (Lipinski definition) is 4. The average molecular weight is 365 g/mol. The fourth-order valence-corrected chi connectivity index (χ4v) is 3.36. The zero-order chi connectivity index (χ0) is 19.0. The monoisotopic (exact) mass is 365 g/mol. The molecule has 5 nitrogen and oxygen atoms in total. The number of morpholine rings is 1. The number of carbonyl (C=O) groups excluding carboxylic acids is 1. The summed E-state index contributed by atoms with van der Waals surface area (Å²) in [7, 11) is 0. The highest BCUT2D eigenvalue weighted by molar-refractivity contribution is 5.95. The Labute approximate surface area is 156 Å². The smallest absolute Gasteiger partial charge is 0.254 e. The molecule has 0 spiro atoms. The Balaban J connectivity index is 1.70. The Bertz CT molecular complexity index is 1010. The topological polar surface area (TPSA) is 68.5 Å². The van der Waals surface area contributed by atoms with E-state index in [4.69, 9.17) is 10.5 Å². The molecule has 0 saturated carbocycles. The number of hydrogen-bond donors (Lipinski definition) is 1. The van der Waals surface area contributed by atoms with Gasteiger partial charge in [0.25, 0.3) is 5.91 Å². The number of nitrogens with two attached hydrogens (primary N) is 1. The maximum atomic E-state index is 15.1. The number of pyridine rings is 1. The first-order chi connectivity index (χ1) is 13.0. The van der Waals surface area contributed by atoms with Crippen LogP contribution >= 0.6 is 0 Å². The number of amides is 1. The van der Waals surface area contributed by atoms with Gasteiger partial charge in [-0.05, 0) is 36.8 Å². The van der Waals surface area contributed by atoms with Crippen molar-refractivity contribution in [3.63, 3.8) is 0 Å². The molecule has 27 heavy (non-hydrogen) atoms. The Kier molecular flexibility index (Phi) is 4.49. The van der Waals surface area contributed by atoms with E-state index in [1.807, 2.05) is 13.0 Å². The van der Waals surface area contributed by atoms with Crippen molar-refractivity contribution in [1.29, 1.82) is 0 Å². The second kappa shape index (κ2) is 6.96. The molecule has 6 heteroatoms. The van der Waals surface area contributed by atoms with Crippen molar-refractivity contribution in [1.82, 2.24) is 9.88 Å². The number of ether oxygens (including phenoxy) is 1. The lowest BCUT2D eigenvalue weighted by Crippen LogP contribution is -2.40. The molecule has 4 rings (SSSR count). The first-order valence-electron chi connectivity index (χ1n) is 8.87. The van der Waals surface area contributed by atoms with E-state index in [1.165, 1.54) is 0 Å². The zero-order valence-corrected chi connectivity index (χ0v) is 15.0. The summed E-state index contributed by atoms with van der Waals surface area (Å²) in [6.45, 7) is 4.16. The Morgan fingerprint density at radius 2 is 1.85 bits per heavy atom. The van der Waals surface area contributed by atoms with E-state index >= 15 is 4.39 Å². The summed E-state index contributed by atoms with van der Waals surface area (Å²) < 4.78 is 20.4. The standard InChI is InChI=1S/C21H20FN3O2/c1-13-2-7-17-16(12-13)19(22)18(20(23)24-17)14-3-5-15(6-4-14)21(26)25-8-10-27-11-9-25/h2-7,12H,8-11H2,1H3,(H2,23,24). The summed E-state index contributed by atoms with van der Waals surface area (Å²) in [5.74, 6) is -0.310. The van der Waals surface area contributed by atoms with Crippen molar-refractivity contribution in [2.45, 2.75) is 6.92 Å². The van der Waals surface area contributed by atoms with Crippen molar-refractivity contribution in [2.24, 2.45) is 0 Å². The fraction of sp³-hybridized carbons (Fsp3) is 0.238. The molecule has 1 aromatic heterocycles. The van der Waals surface area contributed by atoms with Crippen molar-refractivity contribution >= 4 is 22.6 Å². The van der Waals surface area contributed by atoms with Gasteiger partial charge in [0.05, 0.1) is 24.3 Å². The number of rotatable bonds is 2. The van der Waals surface area contributed by atoms with Crippen LogP contribution in [-0.2, 0) is 4.74 Å². The zero-order valence-electron chi connectivity index (χ0n) is 15.0. The molecule has 138 valence electrons. The van der Waals surface area contributed by atoms with Crippen molar-refractivity contribution in [3.8, 4) is 11.1 Å². The predicted octanol–water partition coefficient (Wildman–Crippen LogP) is 3.40. The van der Waals surface area contributed by atoms with E-state index in [-0.39, 0.29) is 17.3 Å². The molecule has 2 heterocycles. The molecule has 1 aliphatic heterocycles. The molecule has 0 unspecified atom stereocenters. The average Bonchev–Trinajstić information content (AvgIpc) is 2.69. The van der Waals surface area contributed by atoms with Gasteiger partial charge in [-0.25, -0.2) is 9.37 Å². The van der Waals surface area contributed by atoms with Crippen LogP contribution in [0.1, 0.15) is 15.9 Å². The van der Waals surface area contributed by atoms with E-state index in [2.05, 4.69) is 4.98 Å². The minimum absolute atomic E-state index is 0.0504. The lowest BCUT2D eigenvalue weighted by molar-refractivity contribution is 0.0303. The van der Waals surface area contributed by atoms with Crippen LogP contribution in [0.3, 0.4) is 0 Å². The molecular formula is C21H20FN3O2. The summed E-state index contributed by atoms with van der Waals surface area (Å²) in [4.78, 5) is 18.6. The molecular weight excluding hydrogens is 345 g/mol. The first kappa shape index (κ1) is 17.4. The minimum atomic E-state index is -0.395.